The second-order valence-corrected chi connectivity index (χ2v) is 5.63. The van der Waals surface area contributed by atoms with Crippen LogP contribution in [0.3, 0.4) is 0 Å². The summed E-state index contributed by atoms with van der Waals surface area (Å²) < 4.78 is 5.39. The molecule has 1 N–H and O–H groups in total. The molecule has 2 aliphatic rings. The van der Waals surface area contributed by atoms with E-state index in [2.05, 4.69) is 19.2 Å². The van der Waals surface area contributed by atoms with E-state index in [1.807, 2.05) is 0 Å². The number of hydrogen-bond donors (Lipinski definition) is 1. The third kappa shape index (κ3) is 3.46. The zero-order valence-electron chi connectivity index (χ0n) is 10.2. The highest BCUT2D eigenvalue weighted by Crippen LogP contribution is 2.28. The summed E-state index contributed by atoms with van der Waals surface area (Å²) in [5.41, 5.74) is 0. The Morgan fingerprint density at radius 3 is 2.53 bits per heavy atom. The summed E-state index contributed by atoms with van der Waals surface area (Å²) in [5, 5.41) is 3.75. The Bertz CT molecular complexity index is 183. The van der Waals surface area contributed by atoms with Crippen molar-refractivity contribution in [3.63, 3.8) is 0 Å². The molecule has 2 nitrogen and oxygen atoms in total. The molecule has 1 aliphatic carbocycles. The van der Waals surface area contributed by atoms with Crippen LogP contribution in [0.2, 0.25) is 0 Å². The molecule has 2 fully saturated rings. The first-order chi connectivity index (χ1) is 7.24. The summed E-state index contributed by atoms with van der Waals surface area (Å²) in [4.78, 5) is 0. The highest BCUT2D eigenvalue weighted by Gasteiger charge is 2.27. The van der Waals surface area contributed by atoms with Gasteiger partial charge in [0, 0.05) is 25.3 Å². The van der Waals surface area contributed by atoms with Gasteiger partial charge in [-0.15, -0.1) is 0 Å². The van der Waals surface area contributed by atoms with Crippen molar-refractivity contribution in [2.24, 2.45) is 11.8 Å². The summed E-state index contributed by atoms with van der Waals surface area (Å²) in [6.45, 7) is 6.66. The SMILES string of the molecule is CC1CC(NC(C)CC2CCOCC2)C1. The maximum atomic E-state index is 5.39. The largest absolute Gasteiger partial charge is 0.381 e. The maximum Gasteiger partial charge on any atom is 0.0468 e. The summed E-state index contributed by atoms with van der Waals surface area (Å²) in [6, 6.07) is 1.51. The van der Waals surface area contributed by atoms with Gasteiger partial charge in [-0.2, -0.15) is 0 Å². The van der Waals surface area contributed by atoms with Crippen molar-refractivity contribution >= 4 is 0 Å². The number of ether oxygens (including phenoxy) is 1. The second kappa shape index (κ2) is 5.31. The zero-order valence-corrected chi connectivity index (χ0v) is 10.2. The quantitative estimate of drug-likeness (QED) is 0.771. The standard InChI is InChI=1S/C13H25NO/c1-10-7-13(8-10)14-11(2)9-12-3-5-15-6-4-12/h10-14H,3-9H2,1-2H3. The molecule has 1 heterocycles. The average Bonchev–Trinajstić information content (AvgIpc) is 2.17. The summed E-state index contributed by atoms with van der Waals surface area (Å²) in [7, 11) is 0. The van der Waals surface area contributed by atoms with E-state index < -0.39 is 0 Å². The minimum absolute atomic E-state index is 0.700. The molecule has 1 aliphatic heterocycles. The molecule has 15 heavy (non-hydrogen) atoms. The van der Waals surface area contributed by atoms with Crippen LogP contribution in [0.15, 0.2) is 0 Å². The molecular formula is C13H25NO. The Labute approximate surface area is 93.8 Å². The molecule has 1 unspecified atom stereocenters. The smallest absolute Gasteiger partial charge is 0.0468 e. The summed E-state index contributed by atoms with van der Waals surface area (Å²) in [5.74, 6) is 1.86. The van der Waals surface area contributed by atoms with Crippen LogP contribution in [0.4, 0.5) is 0 Å². The van der Waals surface area contributed by atoms with Gasteiger partial charge in [-0.1, -0.05) is 6.92 Å². The average molecular weight is 211 g/mol. The van der Waals surface area contributed by atoms with E-state index in [0.29, 0.717) is 6.04 Å². The lowest BCUT2D eigenvalue weighted by molar-refractivity contribution is 0.0597. The summed E-state index contributed by atoms with van der Waals surface area (Å²) in [6.07, 6.45) is 6.66. The molecule has 0 aromatic rings. The van der Waals surface area contributed by atoms with Gasteiger partial charge in [-0.25, -0.2) is 0 Å². The second-order valence-electron chi connectivity index (χ2n) is 5.63. The van der Waals surface area contributed by atoms with Gasteiger partial charge in [0.1, 0.15) is 0 Å². The first-order valence-corrected chi connectivity index (χ1v) is 6.58. The predicted molar refractivity (Wildman–Crippen MR) is 62.9 cm³/mol. The van der Waals surface area contributed by atoms with Crippen molar-refractivity contribution in [2.75, 3.05) is 13.2 Å². The molecule has 0 radical (unpaired) electrons. The van der Waals surface area contributed by atoms with E-state index in [4.69, 9.17) is 4.74 Å². The maximum absolute atomic E-state index is 5.39. The van der Waals surface area contributed by atoms with Crippen LogP contribution in [-0.4, -0.2) is 25.3 Å². The van der Waals surface area contributed by atoms with Crippen LogP contribution >= 0.6 is 0 Å². The van der Waals surface area contributed by atoms with Gasteiger partial charge in [0.2, 0.25) is 0 Å². The van der Waals surface area contributed by atoms with E-state index >= 15 is 0 Å². The Morgan fingerprint density at radius 1 is 1.27 bits per heavy atom. The lowest BCUT2D eigenvalue weighted by atomic mass is 9.81. The van der Waals surface area contributed by atoms with Gasteiger partial charge in [-0.3, -0.25) is 0 Å². The molecule has 0 spiro atoms. The highest BCUT2D eigenvalue weighted by molar-refractivity contribution is 4.84. The van der Waals surface area contributed by atoms with E-state index in [9.17, 15) is 0 Å². The zero-order chi connectivity index (χ0) is 10.7. The van der Waals surface area contributed by atoms with E-state index in [-0.39, 0.29) is 0 Å². The van der Waals surface area contributed by atoms with Gasteiger partial charge >= 0.3 is 0 Å². The van der Waals surface area contributed by atoms with Crippen LogP contribution in [0.5, 0.6) is 0 Å². The Hall–Kier alpha value is -0.0800. The van der Waals surface area contributed by atoms with Crippen molar-refractivity contribution in [2.45, 2.75) is 58.0 Å². The van der Waals surface area contributed by atoms with Crippen LogP contribution in [0.25, 0.3) is 0 Å². The molecular weight excluding hydrogens is 186 g/mol. The van der Waals surface area contributed by atoms with E-state index in [0.717, 1.165) is 31.1 Å². The first-order valence-electron chi connectivity index (χ1n) is 6.58. The number of rotatable bonds is 4. The molecule has 1 atom stereocenters. The van der Waals surface area contributed by atoms with Crippen LogP contribution in [-0.2, 0) is 4.74 Å². The van der Waals surface area contributed by atoms with Gasteiger partial charge < -0.3 is 10.1 Å². The third-order valence-corrected chi connectivity index (χ3v) is 3.92. The molecule has 2 rings (SSSR count). The molecule has 2 heteroatoms. The van der Waals surface area contributed by atoms with E-state index in [1.54, 1.807) is 0 Å². The van der Waals surface area contributed by atoms with Crippen molar-refractivity contribution in [3.05, 3.63) is 0 Å². The Balaban J connectivity index is 1.61. The predicted octanol–water partition coefficient (Wildman–Crippen LogP) is 2.58. The first kappa shape index (κ1) is 11.4. The fourth-order valence-corrected chi connectivity index (χ4v) is 2.99. The molecule has 1 saturated heterocycles. The number of nitrogens with one attached hydrogen (secondary N) is 1. The molecule has 88 valence electrons. The lowest BCUT2D eigenvalue weighted by Crippen LogP contribution is -2.45. The van der Waals surface area contributed by atoms with Crippen molar-refractivity contribution in [1.29, 1.82) is 0 Å². The fourth-order valence-electron chi connectivity index (χ4n) is 2.99. The molecule has 0 bridgehead atoms. The van der Waals surface area contributed by atoms with Gasteiger partial charge in [0.05, 0.1) is 0 Å². The Morgan fingerprint density at radius 2 is 1.93 bits per heavy atom. The highest BCUT2D eigenvalue weighted by atomic mass is 16.5. The van der Waals surface area contributed by atoms with E-state index in [1.165, 1.54) is 32.1 Å². The van der Waals surface area contributed by atoms with Gasteiger partial charge in [-0.05, 0) is 50.9 Å². The van der Waals surface area contributed by atoms with Gasteiger partial charge in [0.15, 0.2) is 0 Å². The Kier molecular flexibility index (Phi) is 4.04. The van der Waals surface area contributed by atoms with Crippen LogP contribution in [0, 0.1) is 11.8 Å². The van der Waals surface area contributed by atoms with Crippen molar-refractivity contribution in [1.82, 2.24) is 5.32 Å². The molecule has 1 saturated carbocycles. The number of hydrogen-bond acceptors (Lipinski definition) is 2. The summed E-state index contributed by atoms with van der Waals surface area (Å²) >= 11 is 0. The van der Waals surface area contributed by atoms with Gasteiger partial charge in [0.25, 0.3) is 0 Å². The van der Waals surface area contributed by atoms with Crippen LogP contribution < -0.4 is 5.32 Å². The molecule has 0 aromatic carbocycles. The fraction of sp³-hybridized carbons (Fsp3) is 1.00. The minimum Gasteiger partial charge on any atom is -0.381 e. The monoisotopic (exact) mass is 211 g/mol. The minimum atomic E-state index is 0.700. The molecule has 0 aromatic heterocycles. The third-order valence-electron chi connectivity index (χ3n) is 3.92. The van der Waals surface area contributed by atoms with Crippen LogP contribution in [0.1, 0.15) is 46.0 Å². The topological polar surface area (TPSA) is 21.3 Å². The van der Waals surface area contributed by atoms with Crippen molar-refractivity contribution < 1.29 is 4.74 Å². The normalized spacial score (nSPS) is 34.8. The molecule has 0 amide bonds. The lowest BCUT2D eigenvalue weighted by Gasteiger charge is -2.36. The van der Waals surface area contributed by atoms with Crippen molar-refractivity contribution in [3.8, 4) is 0 Å².